The molecule has 1 aliphatic rings. The van der Waals surface area contributed by atoms with Gasteiger partial charge in [-0.25, -0.2) is 0 Å². The van der Waals surface area contributed by atoms with Crippen LogP contribution in [-0.2, 0) is 6.54 Å². The molecule has 0 heterocycles. The molecule has 0 spiro atoms. The third kappa shape index (κ3) is 4.70. The van der Waals surface area contributed by atoms with Crippen molar-refractivity contribution < 1.29 is 5.11 Å². The second kappa shape index (κ2) is 7.01. The van der Waals surface area contributed by atoms with E-state index in [9.17, 15) is 5.11 Å². The monoisotopic (exact) mass is 417 g/mol. The van der Waals surface area contributed by atoms with E-state index in [-0.39, 0.29) is 5.75 Å². The molecule has 2 N–H and O–H groups in total. The molecule has 0 saturated heterocycles. The minimum Gasteiger partial charge on any atom is -0.506 e. The lowest BCUT2D eigenvalue weighted by Gasteiger charge is -2.37. The third-order valence-corrected chi connectivity index (χ3v) is 5.83. The summed E-state index contributed by atoms with van der Waals surface area (Å²) in [5, 5.41) is 13.4. The van der Waals surface area contributed by atoms with E-state index in [1.807, 2.05) is 12.1 Å². The maximum atomic E-state index is 9.74. The maximum Gasteiger partial charge on any atom is 0.143 e. The fourth-order valence-electron chi connectivity index (χ4n) is 3.15. The topological polar surface area (TPSA) is 32.3 Å². The highest BCUT2D eigenvalue weighted by Gasteiger charge is 2.29. The summed E-state index contributed by atoms with van der Waals surface area (Å²) < 4.78 is 1.48. The Hall–Kier alpha value is -0.0600. The number of hydrogen-bond acceptors (Lipinski definition) is 2. The molecule has 1 aromatic rings. The van der Waals surface area contributed by atoms with Gasteiger partial charge in [0.2, 0.25) is 0 Å². The standard InChI is InChI=1S/C17H25Br2NO/c1-17(2,3)12-4-6-13(7-5-12)20-10-11-8-14(18)16(21)15(19)9-11/h8-9,12-13,20-21H,4-7,10H2,1-3H3. The van der Waals surface area contributed by atoms with Crippen molar-refractivity contribution in [2.45, 2.75) is 59.0 Å². The molecule has 21 heavy (non-hydrogen) atoms. The van der Waals surface area contributed by atoms with E-state index in [0.29, 0.717) is 11.5 Å². The number of aromatic hydroxyl groups is 1. The highest BCUT2D eigenvalue weighted by atomic mass is 79.9. The molecule has 118 valence electrons. The van der Waals surface area contributed by atoms with Crippen LogP contribution in [0.5, 0.6) is 5.75 Å². The van der Waals surface area contributed by atoms with Gasteiger partial charge in [-0.05, 0) is 86.6 Å². The van der Waals surface area contributed by atoms with Gasteiger partial charge in [0.05, 0.1) is 8.95 Å². The van der Waals surface area contributed by atoms with Crippen molar-refractivity contribution in [2.75, 3.05) is 0 Å². The van der Waals surface area contributed by atoms with E-state index in [4.69, 9.17) is 0 Å². The summed E-state index contributed by atoms with van der Waals surface area (Å²) in [6.45, 7) is 7.92. The van der Waals surface area contributed by atoms with Gasteiger partial charge in [-0.2, -0.15) is 0 Å². The summed E-state index contributed by atoms with van der Waals surface area (Å²) in [5.41, 5.74) is 1.63. The molecule has 0 bridgehead atoms. The Morgan fingerprint density at radius 3 is 2.10 bits per heavy atom. The number of phenols is 1. The van der Waals surface area contributed by atoms with Crippen LogP contribution in [-0.4, -0.2) is 11.1 Å². The zero-order valence-corrected chi connectivity index (χ0v) is 16.2. The van der Waals surface area contributed by atoms with Crippen LogP contribution >= 0.6 is 31.9 Å². The summed E-state index contributed by atoms with van der Waals surface area (Å²) in [5.74, 6) is 1.12. The van der Waals surface area contributed by atoms with Crippen molar-refractivity contribution in [3.8, 4) is 5.75 Å². The van der Waals surface area contributed by atoms with Crippen molar-refractivity contribution in [2.24, 2.45) is 11.3 Å². The van der Waals surface area contributed by atoms with Crippen LogP contribution in [0.4, 0.5) is 0 Å². The molecule has 0 radical (unpaired) electrons. The number of nitrogens with one attached hydrogen (secondary N) is 1. The molecular weight excluding hydrogens is 394 g/mol. The third-order valence-electron chi connectivity index (χ3n) is 4.62. The quantitative estimate of drug-likeness (QED) is 0.668. The van der Waals surface area contributed by atoms with Crippen LogP contribution in [0.2, 0.25) is 0 Å². The molecule has 1 aromatic carbocycles. The van der Waals surface area contributed by atoms with Crippen molar-refractivity contribution in [1.82, 2.24) is 5.32 Å². The van der Waals surface area contributed by atoms with Crippen LogP contribution in [0, 0.1) is 11.3 Å². The molecule has 0 aliphatic heterocycles. The van der Waals surface area contributed by atoms with E-state index in [1.54, 1.807) is 0 Å². The zero-order valence-electron chi connectivity index (χ0n) is 13.0. The van der Waals surface area contributed by atoms with E-state index < -0.39 is 0 Å². The predicted octanol–water partition coefficient (Wildman–Crippen LogP) is 5.61. The van der Waals surface area contributed by atoms with Crippen molar-refractivity contribution in [3.05, 3.63) is 26.6 Å². The second-order valence-corrected chi connectivity index (χ2v) is 8.91. The van der Waals surface area contributed by atoms with Crippen molar-refractivity contribution in [1.29, 1.82) is 0 Å². The molecule has 0 aromatic heterocycles. The summed E-state index contributed by atoms with van der Waals surface area (Å²) >= 11 is 6.77. The number of benzene rings is 1. The number of hydrogen-bond donors (Lipinski definition) is 2. The molecule has 2 nitrogen and oxygen atoms in total. The zero-order chi connectivity index (χ0) is 15.6. The first-order chi connectivity index (χ1) is 9.77. The first kappa shape index (κ1) is 17.3. The number of phenolic OH excluding ortho intramolecular Hbond substituents is 1. The number of halogens is 2. The van der Waals surface area contributed by atoms with Gasteiger partial charge in [-0.3, -0.25) is 0 Å². The Bertz CT molecular complexity index is 465. The lowest BCUT2D eigenvalue weighted by atomic mass is 9.71. The smallest absolute Gasteiger partial charge is 0.143 e. The lowest BCUT2D eigenvalue weighted by Crippen LogP contribution is -2.35. The first-order valence-electron chi connectivity index (χ1n) is 7.67. The van der Waals surface area contributed by atoms with Gasteiger partial charge in [0.1, 0.15) is 5.75 Å². The summed E-state index contributed by atoms with van der Waals surface area (Å²) in [6, 6.07) is 4.58. The van der Waals surface area contributed by atoms with Gasteiger partial charge in [-0.15, -0.1) is 0 Å². The predicted molar refractivity (Wildman–Crippen MR) is 95.5 cm³/mol. The highest BCUT2D eigenvalue weighted by molar-refractivity contribution is 9.11. The SMILES string of the molecule is CC(C)(C)C1CCC(NCc2cc(Br)c(O)c(Br)c2)CC1. The fraction of sp³-hybridized carbons (Fsp3) is 0.647. The fourth-order valence-corrected chi connectivity index (χ4v) is 4.43. The maximum absolute atomic E-state index is 9.74. The van der Waals surface area contributed by atoms with Crippen LogP contribution in [0.1, 0.15) is 52.0 Å². The number of rotatable bonds is 3. The van der Waals surface area contributed by atoms with Crippen molar-refractivity contribution >= 4 is 31.9 Å². The van der Waals surface area contributed by atoms with Gasteiger partial charge in [0, 0.05) is 12.6 Å². The van der Waals surface area contributed by atoms with Gasteiger partial charge < -0.3 is 10.4 Å². The van der Waals surface area contributed by atoms with Crippen LogP contribution in [0.3, 0.4) is 0 Å². The molecule has 0 amide bonds. The average molecular weight is 419 g/mol. The van der Waals surface area contributed by atoms with Gasteiger partial charge in [0.25, 0.3) is 0 Å². The summed E-state index contributed by atoms with van der Waals surface area (Å²) in [7, 11) is 0. The average Bonchev–Trinajstić information content (AvgIpc) is 2.42. The molecule has 0 unspecified atom stereocenters. The van der Waals surface area contributed by atoms with E-state index >= 15 is 0 Å². The van der Waals surface area contributed by atoms with E-state index in [0.717, 1.165) is 21.4 Å². The Morgan fingerprint density at radius 2 is 1.62 bits per heavy atom. The summed E-state index contributed by atoms with van der Waals surface area (Å²) in [4.78, 5) is 0. The van der Waals surface area contributed by atoms with Crippen molar-refractivity contribution in [3.63, 3.8) is 0 Å². The normalized spacial score (nSPS) is 23.3. The van der Waals surface area contributed by atoms with Crippen LogP contribution in [0.25, 0.3) is 0 Å². The van der Waals surface area contributed by atoms with Gasteiger partial charge >= 0.3 is 0 Å². The molecule has 1 saturated carbocycles. The lowest BCUT2D eigenvalue weighted by molar-refractivity contribution is 0.160. The molecule has 1 fully saturated rings. The van der Waals surface area contributed by atoms with Crippen LogP contribution < -0.4 is 5.32 Å². The molecule has 2 rings (SSSR count). The highest BCUT2D eigenvalue weighted by Crippen LogP contribution is 2.38. The minimum atomic E-state index is 0.268. The molecule has 4 heteroatoms. The molecule has 0 atom stereocenters. The van der Waals surface area contributed by atoms with E-state index in [1.165, 1.54) is 31.2 Å². The van der Waals surface area contributed by atoms with Gasteiger partial charge in [0.15, 0.2) is 0 Å². The minimum absolute atomic E-state index is 0.268. The Kier molecular flexibility index (Phi) is 5.77. The Balaban J connectivity index is 1.85. The largest absolute Gasteiger partial charge is 0.506 e. The van der Waals surface area contributed by atoms with Gasteiger partial charge in [-0.1, -0.05) is 20.8 Å². The first-order valence-corrected chi connectivity index (χ1v) is 9.26. The molecular formula is C17H25Br2NO. The van der Waals surface area contributed by atoms with E-state index in [2.05, 4.69) is 57.9 Å². The Morgan fingerprint density at radius 1 is 1.10 bits per heavy atom. The summed E-state index contributed by atoms with van der Waals surface area (Å²) in [6.07, 6.45) is 5.18. The second-order valence-electron chi connectivity index (χ2n) is 7.20. The molecule has 1 aliphatic carbocycles. The Labute approximate surface area is 145 Å². The van der Waals surface area contributed by atoms with Crippen LogP contribution in [0.15, 0.2) is 21.1 Å².